The number of aryl methyl sites for hydroxylation is 1. The van der Waals surface area contributed by atoms with Gasteiger partial charge in [0.1, 0.15) is 23.8 Å². The van der Waals surface area contributed by atoms with Crippen molar-refractivity contribution in [3.05, 3.63) is 81.9 Å². The molecule has 6 rings (SSSR count). The van der Waals surface area contributed by atoms with E-state index in [-0.39, 0.29) is 29.4 Å². The second-order valence-electron chi connectivity index (χ2n) is 10.6. The Kier molecular flexibility index (Phi) is 8.11. The number of methoxy groups -OCH3 is 1. The van der Waals surface area contributed by atoms with Crippen molar-refractivity contribution >= 4 is 28.6 Å². The predicted molar refractivity (Wildman–Crippen MR) is 153 cm³/mol. The maximum atomic E-state index is 14.6. The number of esters is 1. The molecule has 2 aliphatic rings. The Morgan fingerprint density at radius 1 is 1.14 bits per heavy atom. The van der Waals surface area contributed by atoms with Gasteiger partial charge < -0.3 is 23.5 Å². The van der Waals surface area contributed by atoms with Gasteiger partial charge in [0.05, 0.1) is 24.7 Å². The summed E-state index contributed by atoms with van der Waals surface area (Å²) < 4.78 is 64.5. The molecule has 4 aromatic rings. The number of ether oxygens (including phenoxy) is 4. The van der Waals surface area contributed by atoms with Crippen LogP contribution >= 0.6 is 11.6 Å². The van der Waals surface area contributed by atoms with Crippen molar-refractivity contribution in [2.45, 2.75) is 38.0 Å². The first-order chi connectivity index (χ1) is 20.7. The Hall–Kier alpha value is -3.96. The van der Waals surface area contributed by atoms with Crippen LogP contribution in [-0.4, -0.2) is 53.8 Å². The van der Waals surface area contributed by atoms with Crippen molar-refractivity contribution in [2.24, 2.45) is 7.05 Å². The summed E-state index contributed by atoms with van der Waals surface area (Å²) in [5, 5.41) is 0.317. The summed E-state index contributed by atoms with van der Waals surface area (Å²) >= 11 is 5.93. The molecule has 3 aromatic carbocycles. The lowest BCUT2D eigenvalue weighted by Crippen LogP contribution is -2.33. The van der Waals surface area contributed by atoms with E-state index in [0.717, 1.165) is 31.5 Å². The summed E-state index contributed by atoms with van der Waals surface area (Å²) in [4.78, 5) is 19.0. The second kappa shape index (κ2) is 12.0. The van der Waals surface area contributed by atoms with Gasteiger partial charge in [-0.05, 0) is 62.2 Å². The molecular formula is C31H29ClF3N3O5. The number of halogens is 4. The van der Waals surface area contributed by atoms with E-state index in [1.807, 2.05) is 18.2 Å². The van der Waals surface area contributed by atoms with Crippen LogP contribution in [0.2, 0.25) is 5.02 Å². The van der Waals surface area contributed by atoms with E-state index in [9.17, 15) is 18.0 Å². The molecule has 12 heteroatoms. The molecule has 43 heavy (non-hydrogen) atoms. The number of aromatic nitrogens is 2. The molecule has 2 aliphatic heterocycles. The molecule has 226 valence electrons. The summed E-state index contributed by atoms with van der Waals surface area (Å²) in [7, 11) is 3.00. The second-order valence-corrected chi connectivity index (χ2v) is 11.0. The van der Waals surface area contributed by atoms with Gasteiger partial charge in [0.2, 0.25) is 0 Å². The van der Waals surface area contributed by atoms with Crippen LogP contribution in [0.15, 0.2) is 48.5 Å². The largest absolute Gasteiger partial charge is 0.485 e. The molecule has 0 N–H and O–H groups in total. The lowest BCUT2D eigenvalue weighted by molar-refractivity contribution is -0.0489. The summed E-state index contributed by atoms with van der Waals surface area (Å²) in [5.74, 6) is 0.836. The molecule has 0 amide bonds. The van der Waals surface area contributed by atoms with Crippen molar-refractivity contribution < 1.29 is 36.9 Å². The molecule has 0 aliphatic carbocycles. The summed E-state index contributed by atoms with van der Waals surface area (Å²) in [6.45, 7) is -0.900. The minimum absolute atomic E-state index is 0.0967. The van der Waals surface area contributed by atoms with Gasteiger partial charge in [0, 0.05) is 23.2 Å². The predicted octanol–water partition coefficient (Wildman–Crippen LogP) is 6.65. The highest BCUT2D eigenvalue weighted by Gasteiger charge is 2.31. The third-order valence-corrected chi connectivity index (χ3v) is 8.28. The fourth-order valence-corrected chi connectivity index (χ4v) is 5.98. The third kappa shape index (κ3) is 5.83. The highest BCUT2D eigenvalue weighted by molar-refractivity contribution is 6.30. The van der Waals surface area contributed by atoms with Gasteiger partial charge in [-0.3, -0.25) is 4.90 Å². The number of likely N-dealkylation sites (tertiary alicyclic amines) is 1. The molecule has 1 fully saturated rings. The van der Waals surface area contributed by atoms with Crippen molar-refractivity contribution in [1.82, 2.24) is 14.5 Å². The first kappa shape index (κ1) is 29.1. The zero-order valence-corrected chi connectivity index (χ0v) is 24.2. The molecule has 0 unspecified atom stereocenters. The summed E-state index contributed by atoms with van der Waals surface area (Å²) in [6, 6.07) is 13.1. The number of hydrogen-bond acceptors (Lipinski definition) is 7. The average Bonchev–Trinajstić information content (AvgIpc) is 3.31. The summed E-state index contributed by atoms with van der Waals surface area (Å²) in [6.07, 6.45) is 1.06. The number of fused-ring (bicyclic) bond motifs is 2. The van der Waals surface area contributed by atoms with Crippen LogP contribution in [0.3, 0.4) is 0 Å². The molecule has 8 nitrogen and oxygen atoms in total. The maximum absolute atomic E-state index is 14.6. The van der Waals surface area contributed by atoms with Crippen LogP contribution < -0.4 is 14.2 Å². The van der Waals surface area contributed by atoms with Crippen LogP contribution in [0.5, 0.6) is 17.2 Å². The number of alkyl halides is 2. The number of piperidine rings is 1. The van der Waals surface area contributed by atoms with Crippen LogP contribution in [0, 0.1) is 5.82 Å². The van der Waals surface area contributed by atoms with E-state index in [1.54, 1.807) is 29.8 Å². The van der Waals surface area contributed by atoms with E-state index in [1.165, 1.54) is 19.2 Å². The molecular weight excluding hydrogens is 587 g/mol. The number of benzene rings is 3. The smallest absolute Gasteiger partial charge is 0.387 e. The molecule has 1 saturated heterocycles. The molecule has 1 aromatic heterocycles. The third-order valence-electron chi connectivity index (χ3n) is 8.04. The highest BCUT2D eigenvalue weighted by Crippen LogP contribution is 2.45. The normalized spacial score (nSPS) is 17.4. The molecule has 0 saturated carbocycles. The topological polar surface area (TPSA) is 75.1 Å². The van der Waals surface area contributed by atoms with Crippen LogP contribution in [0.1, 0.15) is 52.2 Å². The number of hydrogen-bond donors (Lipinski definition) is 0. The van der Waals surface area contributed by atoms with Crippen molar-refractivity contribution in [2.75, 3.05) is 26.8 Å². The Bertz CT molecular complexity index is 1670. The Morgan fingerprint density at radius 3 is 2.65 bits per heavy atom. The summed E-state index contributed by atoms with van der Waals surface area (Å²) in [5.41, 5.74) is 2.24. The van der Waals surface area contributed by atoms with Gasteiger partial charge >= 0.3 is 12.6 Å². The average molecular weight is 616 g/mol. The number of para-hydroxylation sites is 1. The van der Waals surface area contributed by atoms with E-state index in [0.29, 0.717) is 40.0 Å². The molecule has 0 radical (unpaired) electrons. The van der Waals surface area contributed by atoms with Gasteiger partial charge in [0.25, 0.3) is 0 Å². The van der Waals surface area contributed by atoms with Crippen LogP contribution in [0.25, 0.3) is 11.0 Å². The minimum Gasteiger partial charge on any atom is -0.485 e. The lowest BCUT2D eigenvalue weighted by Gasteiger charge is -2.35. The number of rotatable bonds is 7. The van der Waals surface area contributed by atoms with Gasteiger partial charge in [-0.1, -0.05) is 29.8 Å². The zero-order chi connectivity index (χ0) is 30.2. The van der Waals surface area contributed by atoms with Crippen molar-refractivity contribution in [1.29, 1.82) is 0 Å². The van der Waals surface area contributed by atoms with E-state index >= 15 is 0 Å². The van der Waals surface area contributed by atoms with Gasteiger partial charge in [-0.2, -0.15) is 8.78 Å². The fourth-order valence-electron chi connectivity index (χ4n) is 5.82. The fraction of sp³-hybridized carbons (Fsp3) is 0.355. The monoisotopic (exact) mass is 615 g/mol. The number of imidazole rings is 1. The Balaban J connectivity index is 1.18. The van der Waals surface area contributed by atoms with Gasteiger partial charge in [-0.15, -0.1) is 0 Å². The zero-order valence-electron chi connectivity index (χ0n) is 23.5. The van der Waals surface area contributed by atoms with E-state index < -0.39 is 24.5 Å². The minimum atomic E-state index is -3.07. The Morgan fingerprint density at radius 2 is 1.93 bits per heavy atom. The Labute approximate surface area is 250 Å². The van der Waals surface area contributed by atoms with Gasteiger partial charge in [-0.25, -0.2) is 14.2 Å². The van der Waals surface area contributed by atoms with Crippen molar-refractivity contribution in [3.63, 3.8) is 0 Å². The maximum Gasteiger partial charge on any atom is 0.387 e. The molecule has 0 bridgehead atoms. The standard InChI is InChI=1S/C31H29ClF3N3O5/c1-37-23-12-18(30(39)40-2)13-25(43-31(34)35)28(23)36-27(37)15-38-10-8-17(9-11-38)20-4-3-5-24-29(20)42-26(16-41-24)21-7-6-19(32)14-22(21)33/h3-7,12-14,17,26,31H,8-11,15-16H2,1-2H3/t26-/m0/s1. The highest BCUT2D eigenvalue weighted by atomic mass is 35.5. The van der Waals surface area contributed by atoms with E-state index in [4.69, 9.17) is 30.5 Å². The number of carbonyl (C=O) groups is 1. The van der Waals surface area contributed by atoms with Crippen molar-refractivity contribution in [3.8, 4) is 17.2 Å². The first-order valence-electron chi connectivity index (χ1n) is 13.8. The first-order valence-corrected chi connectivity index (χ1v) is 14.2. The van der Waals surface area contributed by atoms with Crippen LogP contribution in [0.4, 0.5) is 13.2 Å². The quantitative estimate of drug-likeness (QED) is 0.216. The lowest BCUT2D eigenvalue weighted by atomic mass is 9.88. The SMILES string of the molecule is COC(=O)c1cc(OC(F)F)c2nc(CN3CCC(c4cccc5c4O[C@H](c4ccc(Cl)cc4F)CO5)CC3)n(C)c2c1. The molecule has 0 spiro atoms. The molecule has 3 heterocycles. The van der Waals surface area contributed by atoms with Crippen LogP contribution in [-0.2, 0) is 18.3 Å². The molecule has 1 atom stereocenters. The van der Waals surface area contributed by atoms with Gasteiger partial charge in [0.15, 0.2) is 23.4 Å². The number of nitrogens with zero attached hydrogens (tertiary/aromatic N) is 3. The van der Waals surface area contributed by atoms with E-state index in [2.05, 4.69) is 9.88 Å². The number of carbonyl (C=O) groups excluding carboxylic acids is 1.